The molecule has 1 fully saturated rings. The molecule has 1 rings (SSSR count). The average Bonchev–Trinajstić information content (AvgIpc) is 2.36. The quantitative estimate of drug-likeness (QED) is 0.673. The third-order valence-corrected chi connectivity index (χ3v) is 4.58. The van der Waals surface area contributed by atoms with Crippen LogP contribution in [0.4, 0.5) is 0 Å². The summed E-state index contributed by atoms with van der Waals surface area (Å²) >= 11 is 1.74. The number of hydrogen-bond acceptors (Lipinski definition) is 2. The minimum absolute atomic E-state index is 0.215. The molecule has 1 aliphatic rings. The molecule has 0 spiro atoms. The minimum atomic E-state index is 0.215. The van der Waals surface area contributed by atoms with Gasteiger partial charge in [0.2, 0.25) is 5.91 Å². The molecule has 1 saturated carbocycles. The molecule has 0 radical (unpaired) electrons. The molecule has 1 aliphatic carbocycles. The van der Waals surface area contributed by atoms with Crippen LogP contribution in [-0.4, -0.2) is 24.0 Å². The molecule has 0 unspecified atom stereocenters. The highest BCUT2D eigenvalue weighted by molar-refractivity contribution is 7.99. The first kappa shape index (κ1) is 14.9. The summed E-state index contributed by atoms with van der Waals surface area (Å²) in [5, 5.41) is 3.02. The Balaban J connectivity index is 1.90. The first-order valence-electron chi connectivity index (χ1n) is 7.17. The molecule has 0 atom stereocenters. The van der Waals surface area contributed by atoms with Crippen molar-refractivity contribution >= 4 is 17.7 Å². The molecule has 3 heteroatoms. The summed E-state index contributed by atoms with van der Waals surface area (Å²) in [4.78, 5) is 11.4. The van der Waals surface area contributed by atoms with E-state index in [0.717, 1.165) is 31.1 Å². The summed E-state index contributed by atoms with van der Waals surface area (Å²) in [5.41, 5.74) is 0. The van der Waals surface area contributed by atoms with E-state index in [4.69, 9.17) is 0 Å². The van der Waals surface area contributed by atoms with Crippen LogP contribution in [0, 0.1) is 5.92 Å². The number of carbonyl (C=O) groups is 1. The van der Waals surface area contributed by atoms with Crippen LogP contribution in [0.1, 0.15) is 58.3 Å². The van der Waals surface area contributed by atoms with Crippen molar-refractivity contribution in [1.29, 1.82) is 0 Å². The maximum Gasteiger partial charge on any atom is 0.229 e. The van der Waals surface area contributed by atoms with Gasteiger partial charge >= 0.3 is 0 Å². The van der Waals surface area contributed by atoms with E-state index in [9.17, 15) is 4.79 Å². The Morgan fingerprint density at radius 2 is 2.06 bits per heavy atom. The maximum absolute atomic E-state index is 11.4. The van der Waals surface area contributed by atoms with Crippen molar-refractivity contribution in [3.63, 3.8) is 0 Å². The molecule has 1 N–H and O–H groups in total. The summed E-state index contributed by atoms with van der Waals surface area (Å²) in [7, 11) is 0. The highest BCUT2D eigenvalue weighted by atomic mass is 32.2. The fraction of sp³-hybridized carbons (Fsp3) is 0.929. The van der Waals surface area contributed by atoms with Crippen LogP contribution in [-0.2, 0) is 4.79 Å². The Hall–Kier alpha value is -0.180. The summed E-state index contributed by atoms with van der Waals surface area (Å²) in [6.45, 7) is 3.02. The maximum atomic E-state index is 11.4. The average molecular weight is 257 g/mol. The predicted molar refractivity (Wildman–Crippen MR) is 76.4 cm³/mol. The van der Waals surface area contributed by atoms with Gasteiger partial charge in [-0.2, -0.15) is 11.8 Å². The number of nitrogens with one attached hydrogen (secondary N) is 1. The number of hydrogen-bond donors (Lipinski definition) is 1. The second-order valence-corrected chi connectivity index (χ2v) is 6.15. The van der Waals surface area contributed by atoms with Gasteiger partial charge < -0.3 is 5.32 Å². The van der Waals surface area contributed by atoms with Gasteiger partial charge in [-0.15, -0.1) is 0 Å². The Bertz CT molecular complexity index is 202. The lowest BCUT2D eigenvalue weighted by Gasteiger charge is -2.21. The fourth-order valence-electron chi connectivity index (χ4n) is 2.45. The molecule has 0 bridgehead atoms. The zero-order chi connectivity index (χ0) is 12.3. The molecule has 0 heterocycles. The lowest BCUT2D eigenvalue weighted by Crippen LogP contribution is -2.26. The highest BCUT2D eigenvalue weighted by Crippen LogP contribution is 2.26. The number of amides is 1. The van der Waals surface area contributed by atoms with Gasteiger partial charge in [0.25, 0.3) is 0 Å². The summed E-state index contributed by atoms with van der Waals surface area (Å²) in [6, 6.07) is 0. The van der Waals surface area contributed by atoms with Crippen molar-refractivity contribution in [3.8, 4) is 0 Å². The lowest BCUT2D eigenvalue weighted by molar-refractivity contribution is -0.118. The van der Waals surface area contributed by atoms with Crippen molar-refractivity contribution in [2.45, 2.75) is 58.3 Å². The van der Waals surface area contributed by atoms with Crippen molar-refractivity contribution in [1.82, 2.24) is 5.32 Å². The number of thioether (sulfide) groups is 1. The molecule has 0 aromatic heterocycles. The Labute approximate surface area is 110 Å². The third kappa shape index (κ3) is 7.69. The van der Waals surface area contributed by atoms with E-state index in [2.05, 4.69) is 12.2 Å². The molecule has 0 aliphatic heterocycles. The first-order chi connectivity index (χ1) is 8.33. The molecule has 2 nitrogen and oxygen atoms in total. The topological polar surface area (TPSA) is 29.1 Å². The predicted octanol–water partition coefficient (Wildman–Crippen LogP) is 3.61. The van der Waals surface area contributed by atoms with Crippen LogP contribution in [0.5, 0.6) is 0 Å². The Morgan fingerprint density at radius 1 is 1.29 bits per heavy atom. The van der Waals surface area contributed by atoms with Crippen molar-refractivity contribution in [3.05, 3.63) is 0 Å². The Morgan fingerprint density at radius 3 is 2.76 bits per heavy atom. The molecule has 100 valence electrons. The van der Waals surface area contributed by atoms with E-state index in [1.807, 2.05) is 0 Å². The third-order valence-electron chi connectivity index (χ3n) is 3.42. The van der Waals surface area contributed by atoms with Crippen LogP contribution in [0.15, 0.2) is 0 Å². The van der Waals surface area contributed by atoms with Crippen molar-refractivity contribution in [2.24, 2.45) is 5.92 Å². The second kappa shape index (κ2) is 9.81. The first-order valence-corrected chi connectivity index (χ1v) is 8.33. The summed E-state index contributed by atoms with van der Waals surface area (Å²) < 4.78 is 0. The van der Waals surface area contributed by atoms with Crippen LogP contribution in [0.2, 0.25) is 0 Å². The largest absolute Gasteiger partial charge is 0.355 e. The smallest absolute Gasteiger partial charge is 0.229 e. The van der Waals surface area contributed by atoms with Crippen LogP contribution >= 0.6 is 11.8 Å². The van der Waals surface area contributed by atoms with Gasteiger partial charge in [0, 0.05) is 6.54 Å². The molecule has 0 aromatic rings. The van der Waals surface area contributed by atoms with Gasteiger partial charge in [0.1, 0.15) is 0 Å². The zero-order valence-electron chi connectivity index (χ0n) is 11.2. The molecule has 0 saturated heterocycles. The highest BCUT2D eigenvalue weighted by Gasteiger charge is 2.12. The molecular formula is C14H27NOS. The second-order valence-electron chi connectivity index (χ2n) is 5.05. The number of carbonyl (C=O) groups excluding carboxylic acids is 1. The standard InChI is InChI=1S/C14H27NOS/c1-2-11-17-12-14(16)15-10-6-9-13-7-4-3-5-8-13/h13H,2-12H2,1H3,(H,15,16). The molecule has 17 heavy (non-hydrogen) atoms. The van der Waals surface area contributed by atoms with Gasteiger partial charge in [0.15, 0.2) is 0 Å². The molecular weight excluding hydrogens is 230 g/mol. The molecule has 0 aromatic carbocycles. The molecule has 1 amide bonds. The SMILES string of the molecule is CCCSCC(=O)NCCCC1CCCCC1. The van der Waals surface area contributed by atoms with Gasteiger partial charge in [-0.25, -0.2) is 0 Å². The van der Waals surface area contributed by atoms with Gasteiger partial charge in [0.05, 0.1) is 5.75 Å². The van der Waals surface area contributed by atoms with Gasteiger partial charge in [-0.05, 0) is 30.9 Å². The number of rotatable bonds is 8. The van der Waals surface area contributed by atoms with Crippen LogP contribution in [0.3, 0.4) is 0 Å². The van der Waals surface area contributed by atoms with E-state index in [1.165, 1.54) is 38.5 Å². The Kier molecular flexibility index (Phi) is 8.59. The lowest BCUT2D eigenvalue weighted by atomic mass is 9.86. The van der Waals surface area contributed by atoms with Gasteiger partial charge in [-0.1, -0.05) is 39.0 Å². The van der Waals surface area contributed by atoms with E-state index in [-0.39, 0.29) is 5.91 Å². The van der Waals surface area contributed by atoms with Crippen molar-refractivity contribution < 1.29 is 4.79 Å². The van der Waals surface area contributed by atoms with E-state index in [0.29, 0.717) is 5.75 Å². The van der Waals surface area contributed by atoms with E-state index >= 15 is 0 Å². The monoisotopic (exact) mass is 257 g/mol. The minimum Gasteiger partial charge on any atom is -0.355 e. The summed E-state index contributed by atoms with van der Waals surface area (Å²) in [6.07, 6.45) is 10.7. The van der Waals surface area contributed by atoms with E-state index in [1.54, 1.807) is 11.8 Å². The van der Waals surface area contributed by atoms with Crippen LogP contribution < -0.4 is 5.32 Å². The van der Waals surface area contributed by atoms with E-state index < -0.39 is 0 Å². The fourth-order valence-corrected chi connectivity index (χ4v) is 3.18. The zero-order valence-corrected chi connectivity index (χ0v) is 12.0. The normalized spacial score (nSPS) is 17.0. The van der Waals surface area contributed by atoms with Crippen molar-refractivity contribution in [2.75, 3.05) is 18.1 Å². The van der Waals surface area contributed by atoms with Gasteiger partial charge in [-0.3, -0.25) is 4.79 Å². The van der Waals surface area contributed by atoms with Crippen LogP contribution in [0.25, 0.3) is 0 Å². The summed E-state index contributed by atoms with van der Waals surface area (Å²) in [5.74, 6) is 2.88.